The van der Waals surface area contributed by atoms with Crippen molar-refractivity contribution in [3.8, 4) is 0 Å². The zero-order chi connectivity index (χ0) is 18.1. The molecule has 2 fully saturated rings. The molecule has 0 aliphatic carbocycles. The summed E-state index contributed by atoms with van der Waals surface area (Å²) in [7, 11) is 0. The van der Waals surface area contributed by atoms with E-state index < -0.39 is 0 Å². The second-order valence-corrected chi connectivity index (χ2v) is 7.70. The first kappa shape index (κ1) is 17.2. The van der Waals surface area contributed by atoms with Gasteiger partial charge in [0.2, 0.25) is 11.8 Å². The predicted molar refractivity (Wildman–Crippen MR) is 97.7 cm³/mol. The number of aromatic nitrogens is 2. The Bertz CT molecular complexity index is 775. The molecule has 0 radical (unpaired) electrons. The summed E-state index contributed by atoms with van der Waals surface area (Å²) in [5.74, 6) is 1.88. The van der Waals surface area contributed by atoms with Crippen LogP contribution in [0, 0.1) is 12.8 Å². The van der Waals surface area contributed by atoms with Gasteiger partial charge in [-0.1, -0.05) is 35.5 Å². The van der Waals surface area contributed by atoms with Crippen LogP contribution in [0.1, 0.15) is 30.6 Å². The molecule has 4 rings (SSSR count). The highest BCUT2D eigenvalue weighted by atomic mass is 16.5. The smallest absolute Gasteiger partial charge is 0.236 e. The molecule has 0 spiro atoms. The quantitative estimate of drug-likeness (QED) is 0.841. The van der Waals surface area contributed by atoms with E-state index in [-0.39, 0.29) is 11.3 Å². The minimum absolute atomic E-state index is 0.130. The van der Waals surface area contributed by atoms with Gasteiger partial charge in [0.1, 0.15) is 0 Å². The number of likely N-dealkylation sites (tertiary alicyclic amines) is 2. The van der Waals surface area contributed by atoms with Crippen LogP contribution in [0.5, 0.6) is 0 Å². The van der Waals surface area contributed by atoms with Gasteiger partial charge in [-0.3, -0.25) is 4.79 Å². The lowest BCUT2D eigenvalue weighted by Gasteiger charge is -2.41. The van der Waals surface area contributed by atoms with E-state index in [9.17, 15) is 4.79 Å². The number of hydrogen-bond acceptors (Lipinski definition) is 5. The van der Waals surface area contributed by atoms with Gasteiger partial charge in [0.25, 0.3) is 0 Å². The fourth-order valence-corrected chi connectivity index (χ4v) is 4.51. The highest BCUT2D eigenvalue weighted by molar-refractivity contribution is 5.74. The Morgan fingerprint density at radius 3 is 2.81 bits per heavy atom. The molecule has 0 saturated carbocycles. The van der Waals surface area contributed by atoms with E-state index in [2.05, 4.69) is 45.4 Å². The molecule has 2 saturated heterocycles. The van der Waals surface area contributed by atoms with Crippen molar-refractivity contribution in [2.24, 2.45) is 5.92 Å². The van der Waals surface area contributed by atoms with Crippen molar-refractivity contribution < 1.29 is 9.32 Å². The maximum Gasteiger partial charge on any atom is 0.236 e. The lowest BCUT2D eigenvalue weighted by Crippen LogP contribution is -2.52. The van der Waals surface area contributed by atoms with Gasteiger partial charge in [-0.05, 0) is 37.8 Å². The molecule has 0 bridgehead atoms. The average Bonchev–Trinajstić information content (AvgIpc) is 3.25. The van der Waals surface area contributed by atoms with Crippen LogP contribution in [-0.4, -0.2) is 58.6 Å². The Balaban J connectivity index is 1.55. The van der Waals surface area contributed by atoms with E-state index in [1.54, 1.807) is 6.92 Å². The van der Waals surface area contributed by atoms with E-state index in [0.717, 1.165) is 39.0 Å². The van der Waals surface area contributed by atoms with E-state index in [1.165, 1.54) is 5.56 Å². The minimum atomic E-state index is -0.234. The van der Waals surface area contributed by atoms with Crippen molar-refractivity contribution in [1.29, 1.82) is 0 Å². The van der Waals surface area contributed by atoms with Gasteiger partial charge in [-0.15, -0.1) is 0 Å². The number of fused-ring (bicyclic) bond motifs is 1. The Hall–Kier alpha value is -2.21. The summed E-state index contributed by atoms with van der Waals surface area (Å²) in [6.45, 7) is 7.91. The van der Waals surface area contributed by atoms with Crippen LogP contribution in [0.3, 0.4) is 0 Å². The standard InChI is InChI=1S/C20H26N4O2/c1-15-21-19(26-22-15)20-13-23(10-8-17-6-4-3-5-7-17)11-9-18(20)12-24(14-20)16(2)25/h3-7,18H,8-14H2,1-2H3/t18-,20-/m0/s1. The molecule has 2 aliphatic heterocycles. The van der Waals surface area contributed by atoms with Crippen LogP contribution in [0.25, 0.3) is 0 Å². The Kier molecular flexibility index (Phi) is 4.53. The second kappa shape index (κ2) is 6.83. The summed E-state index contributed by atoms with van der Waals surface area (Å²) in [5, 5.41) is 4.03. The third-order valence-electron chi connectivity index (χ3n) is 5.95. The molecule has 1 aromatic carbocycles. The van der Waals surface area contributed by atoms with Crippen molar-refractivity contribution in [2.75, 3.05) is 32.7 Å². The van der Waals surface area contributed by atoms with Gasteiger partial charge in [0.15, 0.2) is 5.82 Å². The Morgan fingerprint density at radius 1 is 1.31 bits per heavy atom. The third kappa shape index (κ3) is 3.14. The van der Waals surface area contributed by atoms with Gasteiger partial charge in [-0.2, -0.15) is 4.98 Å². The number of nitrogens with zero attached hydrogens (tertiary/aromatic N) is 4. The molecule has 6 nitrogen and oxygen atoms in total. The first-order valence-electron chi connectivity index (χ1n) is 9.39. The van der Waals surface area contributed by atoms with Crippen molar-refractivity contribution in [3.05, 3.63) is 47.6 Å². The lowest BCUT2D eigenvalue weighted by atomic mass is 9.73. The topological polar surface area (TPSA) is 62.5 Å². The number of rotatable bonds is 4. The van der Waals surface area contributed by atoms with Gasteiger partial charge in [0.05, 0.1) is 5.41 Å². The van der Waals surface area contributed by atoms with Crippen LogP contribution in [0.4, 0.5) is 0 Å². The molecule has 138 valence electrons. The third-order valence-corrected chi connectivity index (χ3v) is 5.95. The zero-order valence-electron chi connectivity index (χ0n) is 15.5. The van der Waals surface area contributed by atoms with E-state index in [4.69, 9.17) is 4.52 Å². The summed E-state index contributed by atoms with van der Waals surface area (Å²) >= 11 is 0. The van der Waals surface area contributed by atoms with Crippen molar-refractivity contribution in [1.82, 2.24) is 19.9 Å². The van der Waals surface area contributed by atoms with Crippen LogP contribution in [0.15, 0.2) is 34.9 Å². The molecular formula is C20H26N4O2. The van der Waals surface area contributed by atoms with Crippen molar-refractivity contribution >= 4 is 5.91 Å². The van der Waals surface area contributed by atoms with Crippen molar-refractivity contribution in [2.45, 2.75) is 32.1 Å². The molecule has 26 heavy (non-hydrogen) atoms. The highest BCUT2D eigenvalue weighted by Gasteiger charge is 2.54. The number of hydrogen-bond donors (Lipinski definition) is 0. The maximum atomic E-state index is 12.0. The number of carbonyl (C=O) groups excluding carboxylic acids is 1. The van der Waals surface area contributed by atoms with Crippen LogP contribution >= 0.6 is 0 Å². The van der Waals surface area contributed by atoms with Gasteiger partial charge < -0.3 is 14.3 Å². The Morgan fingerprint density at radius 2 is 2.12 bits per heavy atom. The highest BCUT2D eigenvalue weighted by Crippen LogP contribution is 2.44. The summed E-state index contributed by atoms with van der Waals surface area (Å²) in [4.78, 5) is 21.0. The van der Waals surface area contributed by atoms with Gasteiger partial charge in [0, 0.05) is 33.1 Å². The summed E-state index contributed by atoms with van der Waals surface area (Å²) < 4.78 is 5.62. The molecule has 0 unspecified atom stereocenters. The predicted octanol–water partition coefficient (Wildman–Crippen LogP) is 2.04. The number of amides is 1. The molecule has 3 heterocycles. The Labute approximate surface area is 154 Å². The minimum Gasteiger partial charge on any atom is -0.341 e. The molecule has 1 aromatic heterocycles. The molecule has 2 atom stereocenters. The van der Waals surface area contributed by atoms with E-state index >= 15 is 0 Å². The first-order chi connectivity index (χ1) is 12.6. The van der Waals surface area contributed by atoms with Crippen molar-refractivity contribution in [3.63, 3.8) is 0 Å². The van der Waals surface area contributed by atoms with Crippen LogP contribution < -0.4 is 0 Å². The lowest BCUT2D eigenvalue weighted by molar-refractivity contribution is -0.128. The fraction of sp³-hybridized carbons (Fsp3) is 0.550. The zero-order valence-corrected chi connectivity index (χ0v) is 15.5. The largest absolute Gasteiger partial charge is 0.341 e. The van der Waals surface area contributed by atoms with Crippen LogP contribution in [-0.2, 0) is 16.6 Å². The number of carbonyl (C=O) groups is 1. The average molecular weight is 354 g/mol. The normalized spacial score (nSPS) is 26.1. The van der Waals surface area contributed by atoms with E-state index in [1.807, 2.05) is 11.8 Å². The molecule has 2 aliphatic rings. The summed E-state index contributed by atoms with van der Waals surface area (Å²) in [6, 6.07) is 10.6. The summed E-state index contributed by atoms with van der Waals surface area (Å²) in [6.07, 6.45) is 2.08. The second-order valence-electron chi connectivity index (χ2n) is 7.70. The maximum absolute atomic E-state index is 12.0. The number of piperidine rings is 1. The molecular weight excluding hydrogens is 328 g/mol. The van der Waals surface area contributed by atoms with Gasteiger partial charge >= 0.3 is 0 Å². The van der Waals surface area contributed by atoms with Crippen LogP contribution in [0.2, 0.25) is 0 Å². The number of aryl methyl sites for hydroxylation is 1. The molecule has 2 aromatic rings. The SMILES string of the molecule is CC(=O)N1C[C@@H]2CCN(CCc3ccccc3)C[C@]2(c2nc(C)no2)C1. The molecule has 6 heteroatoms. The molecule has 1 amide bonds. The van der Waals surface area contributed by atoms with E-state index in [0.29, 0.717) is 24.2 Å². The number of benzene rings is 1. The monoisotopic (exact) mass is 354 g/mol. The molecule has 0 N–H and O–H groups in total. The van der Waals surface area contributed by atoms with Gasteiger partial charge in [-0.25, -0.2) is 0 Å². The fourth-order valence-electron chi connectivity index (χ4n) is 4.51. The summed E-state index contributed by atoms with van der Waals surface area (Å²) in [5.41, 5.74) is 1.12. The first-order valence-corrected chi connectivity index (χ1v) is 9.39.